The fraction of sp³-hybridized carbons (Fsp3) is 0.250. The van der Waals surface area contributed by atoms with E-state index in [1.807, 2.05) is 25.4 Å². The molecule has 1 aromatic carbocycles. The van der Waals surface area contributed by atoms with Gasteiger partial charge in [-0.3, -0.25) is 14.5 Å². The standard InChI is InChI=1S/C20H21FN4O/c1-24-13-18(12-23-24)4-7-20(26)25(15-17-8-10-22-11-9-17)14-16-2-5-19(21)6-3-16/h2-3,5-6,8-13H,4,7,14-15H2,1H3. The molecule has 0 spiro atoms. The van der Waals surface area contributed by atoms with E-state index >= 15 is 0 Å². The van der Waals surface area contributed by atoms with Gasteiger partial charge in [0.2, 0.25) is 5.91 Å². The third kappa shape index (κ3) is 4.99. The maximum Gasteiger partial charge on any atom is 0.223 e. The van der Waals surface area contributed by atoms with E-state index in [0.29, 0.717) is 25.9 Å². The zero-order valence-corrected chi connectivity index (χ0v) is 14.7. The molecule has 0 saturated heterocycles. The lowest BCUT2D eigenvalue weighted by Gasteiger charge is -2.23. The van der Waals surface area contributed by atoms with Crippen molar-refractivity contribution < 1.29 is 9.18 Å². The van der Waals surface area contributed by atoms with Gasteiger partial charge < -0.3 is 4.90 Å². The second kappa shape index (κ2) is 8.38. The number of carbonyl (C=O) groups is 1. The molecule has 0 aliphatic carbocycles. The zero-order valence-electron chi connectivity index (χ0n) is 14.7. The molecule has 0 unspecified atom stereocenters. The molecule has 0 aliphatic rings. The maximum atomic E-state index is 13.1. The Morgan fingerprint density at radius 1 is 1.04 bits per heavy atom. The van der Waals surface area contributed by atoms with E-state index in [0.717, 1.165) is 16.7 Å². The van der Waals surface area contributed by atoms with Crippen LogP contribution < -0.4 is 0 Å². The summed E-state index contributed by atoms with van der Waals surface area (Å²) in [5.41, 5.74) is 2.94. The van der Waals surface area contributed by atoms with Gasteiger partial charge in [-0.05, 0) is 47.4 Å². The molecule has 2 heterocycles. The van der Waals surface area contributed by atoms with Gasteiger partial charge in [0.25, 0.3) is 0 Å². The summed E-state index contributed by atoms with van der Waals surface area (Å²) in [6.07, 6.45) is 8.17. The average Bonchev–Trinajstić information content (AvgIpc) is 3.07. The lowest BCUT2D eigenvalue weighted by Crippen LogP contribution is -2.30. The third-order valence-corrected chi connectivity index (χ3v) is 4.15. The van der Waals surface area contributed by atoms with Gasteiger partial charge in [0.05, 0.1) is 6.20 Å². The van der Waals surface area contributed by atoms with Crippen molar-refractivity contribution in [2.75, 3.05) is 0 Å². The second-order valence-corrected chi connectivity index (χ2v) is 6.25. The van der Waals surface area contributed by atoms with Gasteiger partial charge in [-0.25, -0.2) is 4.39 Å². The highest BCUT2D eigenvalue weighted by Crippen LogP contribution is 2.13. The van der Waals surface area contributed by atoms with Crippen LogP contribution in [-0.4, -0.2) is 25.6 Å². The lowest BCUT2D eigenvalue weighted by atomic mass is 10.1. The molecule has 0 bridgehead atoms. The predicted octanol–water partition coefficient (Wildman–Crippen LogP) is 3.12. The van der Waals surface area contributed by atoms with Crippen LogP contribution in [0, 0.1) is 5.82 Å². The first kappa shape index (κ1) is 17.8. The highest BCUT2D eigenvalue weighted by molar-refractivity contribution is 5.76. The number of carbonyl (C=O) groups excluding carboxylic acids is 1. The second-order valence-electron chi connectivity index (χ2n) is 6.25. The van der Waals surface area contributed by atoms with Crippen molar-refractivity contribution >= 4 is 5.91 Å². The largest absolute Gasteiger partial charge is 0.334 e. The van der Waals surface area contributed by atoms with Crippen molar-refractivity contribution in [2.45, 2.75) is 25.9 Å². The van der Waals surface area contributed by atoms with Crippen LogP contribution in [0.5, 0.6) is 0 Å². The summed E-state index contributed by atoms with van der Waals surface area (Å²) in [5, 5.41) is 4.13. The normalized spacial score (nSPS) is 10.7. The van der Waals surface area contributed by atoms with Gasteiger partial charge in [0.15, 0.2) is 0 Å². The highest BCUT2D eigenvalue weighted by Gasteiger charge is 2.15. The first-order valence-electron chi connectivity index (χ1n) is 8.49. The molecule has 5 nitrogen and oxygen atoms in total. The van der Waals surface area contributed by atoms with E-state index in [2.05, 4.69) is 10.1 Å². The number of hydrogen-bond donors (Lipinski definition) is 0. The molecule has 134 valence electrons. The Hall–Kier alpha value is -3.02. The number of rotatable bonds is 7. The number of benzene rings is 1. The van der Waals surface area contributed by atoms with Crippen LogP contribution in [0.4, 0.5) is 4.39 Å². The summed E-state index contributed by atoms with van der Waals surface area (Å²) in [7, 11) is 1.86. The Bertz CT molecular complexity index is 846. The summed E-state index contributed by atoms with van der Waals surface area (Å²) in [5.74, 6) is -0.229. The zero-order chi connectivity index (χ0) is 18.4. The predicted molar refractivity (Wildman–Crippen MR) is 96.4 cm³/mol. The Morgan fingerprint density at radius 2 is 1.69 bits per heavy atom. The summed E-state index contributed by atoms with van der Waals surface area (Å²) in [4.78, 5) is 18.6. The van der Waals surface area contributed by atoms with Crippen LogP contribution in [-0.2, 0) is 31.4 Å². The van der Waals surface area contributed by atoms with Crippen molar-refractivity contribution in [1.82, 2.24) is 19.7 Å². The Kier molecular flexibility index (Phi) is 5.73. The van der Waals surface area contributed by atoms with Crippen molar-refractivity contribution in [1.29, 1.82) is 0 Å². The van der Waals surface area contributed by atoms with Crippen molar-refractivity contribution in [3.05, 3.63) is 83.7 Å². The number of aromatic nitrogens is 3. The number of amides is 1. The van der Waals surface area contributed by atoms with Crippen molar-refractivity contribution in [2.24, 2.45) is 7.05 Å². The molecule has 0 aliphatic heterocycles. The summed E-state index contributed by atoms with van der Waals surface area (Å²) >= 11 is 0. The molecule has 0 saturated carbocycles. The van der Waals surface area contributed by atoms with Crippen molar-refractivity contribution in [3.63, 3.8) is 0 Å². The molecule has 3 aromatic rings. The molecule has 1 amide bonds. The fourth-order valence-corrected chi connectivity index (χ4v) is 2.76. The van der Waals surface area contributed by atoms with E-state index in [4.69, 9.17) is 0 Å². The molecule has 0 radical (unpaired) electrons. The van der Waals surface area contributed by atoms with Crippen molar-refractivity contribution in [3.8, 4) is 0 Å². The van der Waals surface area contributed by atoms with Crippen LogP contribution in [0.2, 0.25) is 0 Å². The molecule has 0 atom stereocenters. The molecular weight excluding hydrogens is 331 g/mol. The SMILES string of the molecule is Cn1cc(CCC(=O)N(Cc2ccncc2)Cc2ccc(F)cc2)cn1. The lowest BCUT2D eigenvalue weighted by molar-refractivity contribution is -0.132. The maximum absolute atomic E-state index is 13.1. The molecule has 3 rings (SSSR count). The third-order valence-electron chi connectivity index (χ3n) is 4.15. The quantitative estimate of drug-likeness (QED) is 0.656. The number of halogens is 1. The monoisotopic (exact) mass is 352 g/mol. The van der Waals surface area contributed by atoms with E-state index in [9.17, 15) is 9.18 Å². The Morgan fingerprint density at radius 3 is 2.31 bits per heavy atom. The minimum Gasteiger partial charge on any atom is -0.334 e. The summed E-state index contributed by atoms with van der Waals surface area (Å²) < 4.78 is 14.9. The van der Waals surface area contributed by atoms with Crippen LogP contribution in [0.25, 0.3) is 0 Å². The highest BCUT2D eigenvalue weighted by atomic mass is 19.1. The van der Waals surface area contributed by atoms with Gasteiger partial charge in [0.1, 0.15) is 5.82 Å². The van der Waals surface area contributed by atoms with Crippen LogP contribution in [0.3, 0.4) is 0 Å². The summed E-state index contributed by atoms with van der Waals surface area (Å²) in [6.45, 7) is 0.931. The molecule has 6 heteroatoms. The minimum absolute atomic E-state index is 0.0509. The number of aryl methyl sites for hydroxylation is 2. The average molecular weight is 352 g/mol. The molecule has 2 aromatic heterocycles. The smallest absolute Gasteiger partial charge is 0.223 e. The fourth-order valence-electron chi connectivity index (χ4n) is 2.76. The van der Waals surface area contributed by atoms with Gasteiger partial charge in [-0.1, -0.05) is 12.1 Å². The molecule has 26 heavy (non-hydrogen) atoms. The first-order valence-corrected chi connectivity index (χ1v) is 8.49. The van der Waals surface area contributed by atoms with Crippen LogP contribution in [0.1, 0.15) is 23.1 Å². The molecule has 0 N–H and O–H groups in total. The van der Waals surface area contributed by atoms with Gasteiger partial charge in [0, 0.05) is 45.1 Å². The van der Waals surface area contributed by atoms with E-state index < -0.39 is 0 Å². The number of nitrogens with zero attached hydrogens (tertiary/aromatic N) is 4. The Labute approximate surface area is 152 Å². The van der Waals surface area contributed by atoms with E-state index in [-0.39, 0.29) is 11.7 Å². The molecule has 0 fully saturated rings. The van der Waals surface area contributed by atoms with Gasteiger partial charge in [-0.2, -0.15) is 5.10 Å². The van der Waals surface area contributed by atoms with E-state index in [1.165, 1.54) is 12.1 Å². The van der Waals surface area contributed by atoms with Crippen LogP contribution >= 0.6 is 0 Å². The van der Waals surface area contributed by atoms with E-state index in [1.54, 1.807) is 40.3 Å². The topological polar surface area (TPSA) is 51.0 Å². The molecular formula is C20H21FN4O. The number of pyridine rings is 1. The van der Waals surface area contributed by atoms with Gasteiger partial charge >= 0.3 is 0 Å². The Balaban J connectivity index is 1.70. The van der Waals surface area contributed by atoms with Gasteiger partial charge in [-0.15, -0.1) is 0 Å². The first-order chi connectivity index (χ1) is 12.6. The van der Waals surface area contributed by atoms with Crippen LogP contribution in [0.15, 0.2) is 61.2 Å². The minimum atomic E-state index is -0.280. The summed E-state index contributed by atoms with van der Waals surface area (Å²) in [6, 6.07) is 10.0. The number of hydrogen-bond acceptors (Lipinski definition) is 3.